The second-order valence-corrected chi connectivity index (χ2v) is 5.65. The number of fused-ring (bicyclic) bond motifs is 2. The Balaban J connectivity index is 1.91. The van der Waals surface area contributed by atoms with Gasteiger partial charge < -0.3 is 0 Å². The van der Waals surface area contributed by atoms with Crippen LogP contribution in [-0.2, 0) is 0 Å². The van der Waals surface area contributed by atoms with Crippen molar-refractivity contribution < 1.29 is 0 Å². The van der Waals surface area contributed by atoms with Crippen LogP contribution in [0.1, 0.15) is 32.6 Å². The molecule has 0 spiro atoms. The van der Waals surface area contributed by atoms with E-state index in [1.807, 2.05) is 11.1 Å². The summed E-state index contributed by atoms with van der Waals surface area (Å²) < 4.78 is 0. The monoisotopic (exact) mass is 186 g/mol. The molecule has 0 amide bonds. The topological polar surface area (TPSA) is 0 Å². The Hall–Kier alpha value is -0.520. The Morgan fingerprint density at radius 2 is 2.21 bits per heavy atom. The van der Waals surface area contributed by atoms with Crippen LogP contribution in [0.3, 0.4) is 0 Å². The molecule has 0 aromatic carbocycles. The van der Waals surface area contributed by atoms with Gasteiger partial charge in [-0.25, -0.2) is 0 Å². The Bertz CT molecular complexity index is 347. The van der Waals surface area contributed by atoms with Gasteiger partial charge in [0.15, 0.2) is 0 Å². The van der Waals surface area contributed by atoms with E-state index in [1.165, 1.54) is 25.7 Å². The summed E-state index contributed by atoms with van der Waals surface area (Å²) in [5, 5.41) is 0. The quantitative estimate of drug-likeness (QED) is 0.507. The lowest BCUT2D eigenvalue weighted by Gasteiger charge is -2.32. The van der Waals surface area contributed by atoms with Crippen LogP contribution in [0.25, 0.3) is 0 Å². The van der Waals surface area contributed by atoms with Crippen molar-refractivity contribution in [3.8, 4) is 0 Å². The molecule has 0 heterocycles. The molecule has 4 aliphatic rings. The zero-order valence-electron chi connectivity index (χ0n) is 8.87. The minimum atomic E-state index is 0.982. The SMILES string of the molecule is CC=C1C2CC3C1CC1=CCCC2C13. The Labute approximate surface area is 86.1 Å². The minimum absolute atomic E-state index is 0.982. The van der Waals surface area contributed by atoms with E-state index in [0.717, 1.165) is 29.6 Å². The van der Waals surface area contributed by atoms with Crippen LogP contribution in [0.2, 0.25) is 0 Å². The molecule has 74 valence electrons. The number of hydrogen-bond donors (Lipinski definition) is 0. The fourth-order valence-corrected chi connectivity index (χ4v) is 5.20. The lowest BCUT2D eigenvalue weighted by molar-refractivity contribution is 0.277. The van der Waals surface area contributed by atoms with Gasteiger partial charge in [0.2, 0.25) is 0 Å². The van der Waals surface area contributed by atoms with Gasteiger partial charge in [0.05, 0.1) is 0 Å². The molecule has 3 fully saturated rings. The zero-order chi connectivity index (χ0) is 9.28. The van der Waals surface area contributed by atoms with Crippen molar-refractivity contribution in [2.75, 3.05) is 0 Å². The number of hydrogen-bond acceptors (Lipinski definition) is 0. The molecule has 0 aromatic rings. The van der Waals surface area contributed by atoms with Gasteiger partial charge >= 0.3 is 0 Å². The number of allylic oxidation sites excluding steroid dienone is 4. The van der Waals surface area contributed by atoms with E-state index in [4.69, 9.17) is 0 Å². The van der Waals surface area contributed by atoms with Gasteiger partial charge in [-0.3, -0.25) is 0 Å². The summed E-state index contributed by atoms with van der Waals surface area (Å²) in [4.78, 5) is 0. The molecule has 5 atom stereocenters. The highest BCUT2D eigenvalue weighted by molar-refractivity contribution is 5.37. The summed E-state index contributed by atoms with van der Waals surface area (Å²) in [6.45, 7) is 2.27. The van der Waals surface area contributed by atoms with Crippen molar-refractivity contribution in [1.29, 1.82) is 0 Å². The molecule has 0 radical (unpaired) electrons. The zero-order valence-corrected chi connectivity index (χ0v) is 8.87. The second-order valence-electron chi connectivity index (χ2n) is 5.65. The standard InChI is InChI=1S/C14H18/c1-2-9-11-6-8-4-3-5-10-12(9)7-13(11)14(8)10/h2,4,10-14H,3,5-7H2,1H3. The van der Waals surface area contributed by atoms with Crippen LogP contribution in [0.15, 0.2) is 23.3 Å². The van der Waals surface area contributed by atoms with Gasteiger partial charge in [-0.1, -0.05) is 23.3 Å². The molecule has 0 aromatic heterocycles. The van der Waals surface area contributed by atoms with Gasteiger partial charge in [0.1, 0.15) is 0 Å². The third kappa shape index (κ3) is 0.667. The summed E-state index contributed by atoms with van der Waals surface area (Å²) in [5.41, 5.74) is 3.71. The predicted octanol–water partition coefficient (Wildman–Crippen LogP) is 3.55. The molecule has 0 saturated heterocycles. The normalized spacial score (nSPS) is 55.6. The van der Waals surface area contributed by atoms with E-state index < -0.39 is 0 Å². The van der Waals surface area contributed by atoms with Gasteiger partial charge in [0.25, 0.3) is 0 Å². The first-order chi connectivity index (χ1) is 6.90. The first-order valence-electron chi connectivity index (χ1n) is 6.25. The summed E-state index contributed by atoms with van der Waals surface area (Å²) >= 11 is 0. The Morgan fingerprint density at radius 1 is 1.29 bits per heavy atom. The summed E-state index contributed by atoms with van der Waals surface area (Å²) in [5.74, 6) is 5.16. The summed E-state index contributed by atoms with van der Waals surface area (Å²) in [7, 11) is 0. The van der Waals surface area contributed by atoms with Crippen LogP contribution in [0, 0.1) is 29.6 Å². The van der Waals surface area contributed by atoms with Crippen LogP contribution < -0.4 is 0 Å². The van der Waals surface area contributed by atoms with Crippen LogP contribution in [0.5, 0.6) is 0 Å². The highest BCUT2D eigenvalue weighted by atomic mass is 14.6. The van der Waals surface area contributed by atoms with E-state index >= 15 is 0 Å². The maximum absolute atomic E-state index is 2.58. The highest BCUT2D eigenvalue weighted by Crippen LogP contribution is 2.68. The molecule has 0 aliphatic heterocycles. The van der Waals surface area contributed by atoms with Crippen molar-refractivity contribution in [2.24, 2.45) is 29.6 Å². The fourth-order valence-electron chi connectivity index (χ4n) is 5.20. The van der Waals surface area contributed by atoms with Gasteiger partial charge in [0, 0.05) is 0 Å². The molecular weight excluding hydrogens is 168 g/mol. The van der Waals surface area contributed by atoms with Crippen LogP contribution in [0.4, 0.5) is 0 Å². The van der Waals surface area contributed by atoms with Crippen LogP contribution >= 0.6 is 0 Å². The minimum Gasteiger partial charge on any atom is -0.0879 e. The third-order valence-electron chi connectivity index (χ3n) is 5.46. The Kier molecular flexibility index (Phi) is 1.30. The molecule has 3 saturated carbocycles. The fraction of sp³-hybridized carbons (Fsp3) is 0.714. The largest absolute Gasteiger partial charge is 0.0879 e. The average Bonchev–Trinajstić information content (AvgIpc) is 2.81. The lowest BCUT2D eigenvalue weighted by Crippen LogP contribution is -2.25. The predicted molar refractivity (Wildman–Crippen MR) is 57.8 cm³/mol. The molecule has 4 rings (SSSR count). The maximum Gasteiger partial charge on any atom is -0.0129 e. The summed E-state index contributed by atoms with van der Waals surface area (Å²) in [6.07, 6.45) is 10.9. The van der Waals surface area contributed by atoms with Crippen molar-refractivity contribution >= 4 is 0 Å². The highest BCUT2D eigenvalue weighted by Gasteiger charge is 2.60. The molecular formula is C14H18. The molecule has 5 unspecified atom stereocenters. The van der Waals surface area contributed by atoms with E-state index in [2.05, 4.69) is 19.1 Å². The van der Waals surface area contributed by atoms with Gasteiger partial charge in [-0.2, -0.15) is 0 Å². The van der Waals surface area contributed by atoms with Gasteiger partial charge in [-0.15, -0.1) is 0 Å². The van der Waals surface area contributed by atoms with Gasteiger partial charge in [-0.05, 0) is 62.2 Å². The smallest absolute Gasteiger partial charge is 0.0129 e. The van der Waals surface area contributed by atoms with Crippen molar-refractivity contribution in [2.45, 2.75) is 32.6 Å². The molecule has 4 aliphatic carbocycles. The molecule has 0 nitrogen and oxygen atoms in total. The molecule has 0 heteroatoms. The van der Waals surface area contributed by atoms with Crippen molar-refractivity contribution in [3.63, 3.8) is 0 Å². The first-order valence-corrected chi connectivity index (χ1v) is 6.25. The Morgan fingerprint density at radius 3 is 3.07 bits per heavy atom. The van der Waals surface area contributed by atoms with Crippen LogP contribution in [-0.4, -0.2) is 0 Å². The van der Waals surface area contributed by atoms with E-state index in [0.29, 0.717) is 0 Å². The summed E-state index contributed by atoms with van der Waals surface area (Å²) in [6, 6.07) is 0. The molecule has 2 bridgehead atoms. The second kappa shape index (κ2) is 2.35. The lowest BCUT2D eigenvalue weighted by atomic mass is 9.72. The molecule has 0 N–H and O–H groups in total. The first kappa shape index (κ1) is 7.73. The van der Waals surface area contributed by atoms with Crippen molar-refractivity contribution in [1.82, 2.24) is 0 Å². The molecule has 14 heavy (non-hydrogen) atoms. The number of rotatable bonds is 0. The van der Waals surface area contributed by atoms with E-state index in [1.54, 1.807) is 0 Å². The van der Waals surface area contributed by atoms with E-state index in [-0.39, 0.29) is 0 Å². The van der Waals surface area contributed by atoms with E-state index in [9.17, 15) is 0 Å². The average molecular weight is 186 g/mol. The maximum atomic E-state index is 2.58. The van der Waals surface area contributed by atoms with Crippen molar-refractivity contribution in [3.05, 3.63) is 23.3 Å². The third-order valence-corrected chi connectivity index (χ3v) is 5.46.